The maximum absolute atomic E-state index is 13.4. The fourth-order valence-electron chi connectivity index (χ4n) is 4.32. The van der Waals surface area contributed by atoms with E-state index in [0.717, 1.165) is 21.2 Å². The van der Waals surface area contributed by atoms with Gasteiger partial charge < -0.3 is 5.32 Å². The van der Waals surface area contributed by atoms with Crippen LogP contribution >= 0.6 is 12.2 Å². The third kappa shape index (κ3) is 5.35. The number of pyridine rings is 1. The number of hydrazine groups is 1. The predicted octanol–water partition coefficient (Wildman–Crippen LogP) is 3.39. The number of carbonyl (C=O) groups is 3. The smallest absolute Gasteiger partial charge is 0.269 e. The summed E-state index contributed by atoms with van der Waals surface area (Å²) in [5.74, 6) is -1.56. The van der Waals surface area contributed by atoms with Crippen molar-refractivity contribution >= 4 is 45.8 Å². The molecule has 0 saturated carbocycles. The largest absolute Gasteiger partial charge is 0.356 e. The number of rotatable bonds is 6. The Bertz CT molecular complexity index is 1520. The van der Waals surface area contributed by atoms with Gasteiger partial charge in [0.25, 0.3) is 17.7 Å². The zero-order chi connectivity index (χ0) is 26.6. The van der Waals surface area contributed by atoms with Crippen LogP contribution in [0.4, 0.5) is 4.39 Å². The van der Waals surface area contributed by atoms with Gasteiger partial charge in [-0.05, 0) is 72.1 Å². The van der Waals surface area contributed by atoms with Crippen LogP contribution in [0.3, 0.4) is 0 Å². The van der Waals surface area contributed by atoms with Gasteiger partial charge in [0.05, 0.1) is 17.2 Å². The fourth-order valence-corrected chi connectivity index (χ4v) is 4.54. The molecule has 3 amide bonds. The van der Waals surface area contributed by atoms with Crippen LogP contribution in [-0.2, 0) is 6.42 Å². The van der Waals surface area contributed by atoms with Gasteiger partial charge in [-0.3, -0.25) is 35.1 Å². The van der Waals surface area contributed by atoms with Crippen molar-refractivity contribution in [3.05, 3.63) is 113 Å². The Kier molecular flexibility index (Phi) is 7.05. The van der Waals surface area contributed by atoms with Gasteiger partial charge in [0.15, 0.2) is 5.11 Å². The van der Waals surface area contributed by atoms with Crippen molar-refractivity contribution in [1.82, 2.24) is 26.1 Å². The van der Waals surface area contributed by atoms with E-state index >= 15 is 0 Å². The lowest BCUT2D eigenvalue weighted by molar-refractivity contribution is 0.0641. The summed E-state index contributed by atoms with van der Waals surface area (Å²) in [6.45, 7) is 0.0121. The highest BCUT2D eigenvalue weighted by Crippen LogP contribution is 2.23. The van der Waals surface area contributed by atoms with Gasteiger partial charge in [-0.15, -0.1) is 0 Å². The molecule has 3 aromatic carbocycles. The Morgan fingerprint density at radius 3 is 2.34 bits per heavy atom. The van der Waals surface area contributed by atoms with Gasteiger partial charge in [-0.2, -0.15) is 0 Å². The lowest BCUT2D eigenvalue weighted by Crippen LogP contribution is -2.53. The first-order chi connectivity index (χ1) is 18.4. The third-order valence-corrected chi connectivity index (χ3v) is 6.42. The molecular weight excluding hydrogens is 505 g/mol. The number of benzene rings is 3. The van der Waals surface area contributed by atoms with E-state index in [-0.39, 0.29) is 17.5 Å². The number of carbonyl (C=O) groups excluding carboxylic acids is 3. The topological polar surface area (TPSA) is 103 Å². The van der Waals surface area contributed by atoms with Gasteiger partial charge in [-0.25, -0.2) is 4.39 Å². The standard InChI is InChI=1S/C28H22FN5O3S/c29-21-9-5-17(6-10-21)13-22(16-34-26(36)23-3-1-2-4-24(23)27(34)37)31-28(38)33-32-25(35)19-7-8-20-15-30-12-11-18(20)14-19/h1-12,14-15,22H,13,16H2,(H,32,35)(H2,31,33,38)/t22-/m1/s1. The Morgan fingerprint density at radius 2 is 1.63 bits per heavy atom. The summed E-state index contributed by atoms with van der Waals surface area (Å²) in [5.41, 5.74) is 7.13. The molecule has 1 aliphatic heterocycles. The number of hydrogen-bond acceptors (Lipinski definition) is 5. The molecule has 38 heavy (non-hydrogen) atoms. The monoisotopic (exact) mass is 527 g/mol. The predicted molar refractivity (Wildman–Crippen MR) is 144 cm³/mol. The molecule has 190 valence electrons. The van der Waals surface area contributed by atoms with Crippen LogP contribution in [0.1, 0.15) is 36.6 Å². The molecule has 0 radical (unpaired) electrons. The van der Waals surface area contributed by atoms with Crippen molar-refractivity contribution in [3.8, 4) is 0 Å². The molecule has 10 heteroatoms. The van der Waals surface area contributed by atoms with Crippen LogP contribution in [0.15, 0.2) is 85.2 Å². The molecule has 4 aromatic rings. The average molecular weight is 528 g/mol. The number of aromatic nitrogens is 1. The first-order valence-electron chi connectivity index (χ1n) is 11.8. The number of imide groups is 1. The molecule has 0 aliphatic carbocycles. The summed E-state index contributed by atoms with van der Waals surface area (Å²) in [6, 6.07) is 19.1. The number of fused-ring (bicyclic) bond motifs is 2. The third-order valence-electron chi connectivity index (χ3n) is 6.20. The fraction of sp³-hybridized carbons (Fsp3) is 0.107. The van der Waals surface area contributed by atoms with E-state index in [1.54, 1.807) is 67.0 Å². The molecule has 0 bridgehead atoms. The van der Waals surface area contributed by atoms with Crippen molar-refractivity contribution in [1.29, 1.82) is 0 Å². The highest BCUT2D eigenvalue weighted by Gasteiger charge is 2.36. The van der Waals surface area contributed by atoms with Crippen LogP contribution in [0.2, 0.25) is 0 Å². The normalized spacial score (nSPS) is 13.2. The maximum Gasteiger partial charge on any atom is 0.269 e. The van der Waals surface area contributed by atoms with E-state index in [9.17, 15) is 18.8 Å². The first kappa shape index (κ1) is 25.0. The summed E-state index contributed by atoms with van der Waals surface area (Å²) in [6.07, 6.45) is 3.70. The highest BCUT2D eigenvalue weighted by atomic mass is 32.1. The van der Waals surface area contributed by atoms with E-state index in [1.165, 1.54) is 12.1 Å². The second-order valence-corrected chi connectivity index (χ2v) is 9.19. The molecule has 1 atom stereocenters. The Morgan fingerprint density at radius 1 is 0.921 bits per heavy atom. The number of nitrogens with one attached hydrogen (secondary N) is 3. The quantitative estimate of drug-likeness (QED) is 0.201. The molecule has 3 N–H and O–H groups in total. The Labute approximate surface area is 222 Å². The van der Waals surface area contributed by atoms with E-state index in [4.69, 9.17) is 12.2 Å². The zero-order valence-corrected chi connectivity index (χ0v) is 20.8. The summed E-state index contributed by atoms with van der Waals surface area (Å²) < 4.78 is 13.4. The van der Waals surface area contributed by atoms with Gasteiger partial charge in [0.1, 0.15) is 5.82 Å². The molecule has 0 spiro atoms. The molecule has 5 rings (SSSR count). The lowest BCUT2D eigenvalue weighted by atomic mass is 10.1. The van der Waals surface area contributed by atoms with Crippen molar-refractivity contribution < 1.29 is 18.8 Å². The minimum atomic E-state index is -0.521. The van der Waals surface area contributed by atoms with E-state index < -0.39 is 23.8 Å². The molecule has 0 fully saturated rings. The van der Waals surface area contributed by atoms with E-state index in [2.05, 4.69) is 21.2 Å². The Hall–Kier alpha value is -4.70. The van der Waals surface area contributed by atoms with Crippen LogP contribution in [0.25, 0.3) is 10.8 Å². The van der Waals surface area contributed by atoms with Crippen LogP contribution < -0.4 is 16.2 Å². The van der Waals surface area contributed by atoms with Crippen molar-refractivity contribution in [3.63, 3.8) is 0 Å². The number of halogens is 1. The Balaban J connectivity index is 1.27. The second-order valence-electron chi connectivity index (χ2n) is 8.78. The van der Waals surface area contributed by atoms with Gasteiger partial charge >= 0.3 is 0 Å². The van der Waals surface area contributed by atoms with Crippen LogP contribution in [0, 0.1) is 5.82 Å². The minimum absolute atomic E-state index is 0.0121. The molecular formula is C28H22FN5O3S. The highest BCUT2D eigenvalue weighted by molar-refractivity contribution is 7.80. The summed E-state index contributed by atoms with van der Waals surface area (Å²) in [4.78, 5) is 43.7. The molecule has 0 unspecified atom stereocenters. The molecule has 1 aliphatic rings. The number of hydrogen-bond donors (Lipinski definition) is 3. The zero-order valence-electron chi connectivity index (χ0n) is 20.0. The van der Waals surface area contributed by atoms with Gasteiger partial charge in [0.2, 0.25) is 0 Å². The van der Waals surface area contributed by atoms with Gasteiger partial charge in [0, 0.05) is 29.9 Å². The maximum atomic E-state index is 13.4. The SMILES string of the molecule is O=C(NNC(=S)N[C@H](Cc1ccc(F)cc1)CN1C(=O)c2ccccc2C1=O)c1ccc2cnccc2c1. The molecule has 0 saturated heterocycles. The second kappa shape index (κ2) is 10.7. The van der Waals surface area contributed by atoms with Crippen LogP contribution in [0.5, 0.6) is 0 Å². The number of amides is 3. The summed E-state index contributed by atoms with van der Waals surface area (Å²) >= 11 is 5.39. The lowest BCUT2D eigenvalue weighted by Gasteiger charge is -2.25. The first-order valence-corrected chi connectivity index (χ1v) is 12.2. The summed E-state index contributed by atoms with van der Waals surface area (Å²) in [7, 11) is 0. The average Bonchev–Trinajstić information content (AvgIpc) is 3.17. The molecule has 8 nitrogen and oxygen atoms in total. The van der Waals surface area contributed by atoms with E-state index in [1.807, 2.05) is 6.07 Å². The molecule has 1 aromatic heterocycles. The van der Waals surface area contributed by atoms with Gasteiger partial charge in [-0.1, -0.05) is 30.3 Å². The van der Waals surface area contributed by atoms with Crippen LogP contribution in [-0.4, -0.2) is 45.3 Å². The van der Waals surface area contributed by atoms with Crippen molar-refractivity contribution in [2.24, 2.45) is 0 Å². The molecule has 2 heterocycles. The summed E-state index contributed by atoms with van der Waals surface area (Å²) in [5, 5.41) is 4.94. The van der Waals surface area contributed by atoms with E-state index in [0.29, 0.717) is 23.1 Å². The number of thiocarbonyl (C=S) groups is 1. The minimum Gasteiger partial charge on any atom is -0.356 e. The van der Waals surface area contributed by atoms with Crippen molar-refractivity contribution in [2.45, 2.75) is 12.5 Å². The number of nitrogens with zero attached hydrogens (tertiary/aromatic N) is 2. The van der Waals surface area contributed by atoms with Crippen molar-refractivity contribution in [2.75, 3.05) is 6.54 Å².